The average molecular weight is 471 g/mol. The molecule has 1 aliphatic rings. The summed E-state index contributed by atoms with van der Waals surface area (Å²) in [6.07, 6.45) is 2.83. The smallest absolute Gasteiger partial charge is 0.350 e. The normalized spacial score (nSPS) is 15.3. The van der Waals surface area contributed by atoms with Gasteiger partial charge in [-0.1, -0.05) is 12.8 Å². The van der Waals surface area contributed by atoms with E-state index in [0.29, 0.717) is 5.95 Å². The van der Waals surface area contributed by atoms with Crippen molar-refractivity contribution in [2.45, 2.75) is 31.7 Å². The van der Waals surface area contributed by atoms with Gasteiger partial charge in [-0.15, -0.1) is 0 Å². The maximum Gasteiger partial charge on any atom is 0.350 e. The monoisotopic (exact) mass is 471 g/mol. The average Bonchev–Trinajstić information content (AvgIpc) is 3.12. The van der Waals surface area contributed by atoms with Gasteiger partial charge >= 0.3 is 15.2 Å². The number of anilines is 1. The number of nitrogens with one attached hydrogen (secondary N) is 1. The molecule has 0 amide bonds. The lowest BCUT2D eigenvalue weighted by atomic mass is 10.2. The molecule has 0 saturated heterocycles. The molecule has 15 heteroatoms. The van der Waals surface area contributed by atoms with Crippen molar-refractivity contribution in [1.29, 1.82) is 0 Å². The molecule has 1 fully saturated rings. The highest BCUT2D eigenvalue weighted by atomic mass is 31.2. The summed E-state index contributed by atoms with van der Waals surface area (Å²) < 4.78 is 42.1. The van der Waals surface area contributed by atoms with Gasteiger partial charge in [0.25, 0.3) is 0 Å². The molecule has 0 bridgehead atoms. The van der Waals surface area contributed by atoms with Crippen LogP contribution in [0, 0.1) is 0 Å². The minimum Gasteiger partial charge on any atom is -0.475 e. The Morgan fingerprint density at radius 1 is 0.867 bits per heavy atom. The van der Waals surface area contributed by atoms with Crippen LogP contribution in [-0.4, -0.2) is 74.7 Å². The van der Waals surface area contributed by atoms with Crippen molar-refractivity contribution in [3.05, 3.63) is 6.07 Å². The maximum absolute atomic E-state index is 10.7. The van der Waals surface area contributed by atoms with E-state index in [2.05, 4.69) is 15.3 Å². The van der Waals surface area contributed by atoms with E-state index in [1.54, 1.807) is 0 Å². The van der Waals surface area contributed by atoms with E-state index >= 15 is 0 Å². The summed E-state index contributed by atoms with van der Waals surface area (Å²) in [5, 5.41) is 3.21. The Labute approximate surface area is 173 Å². The van der Waals surface area contributed by atoms with Crippen molar-refractivity contribution in [2.24, 2.45) is 0 Å². The van der Waals surface area contributed by atoms with Gasteiger partial charge in [-0.3, -0.25) is 9.13 Å². The first-order valence-electron chi connectivity index (χ1n) is 9.26. The first-order chi connectivity index (χ1) is 14.1. The van der Waals surface area contributed by atoms with Gasteiger partial charge in [0.2, 0.25) is 17.7 Å². The molecule has 0 aliphatic heterocycles. The highest BCUT2D eigenvalue weighted by Gasteiger charge is 2.18. The number of nitrogens with zero attached hydrogens (tertiary/aromatic N) is 2. The van der Waals surface area contributed by atoms with Crippen LogP contribution in [0.15, 0.2) is 6.07 Å². The standard InChI is InChI=1S/C15H27N3O10P2/c19-29(20,21)10-25-5-7-27-13-9-14(28-8-6-26-11-30(22,23)24)18-15(17-13)16-12-3-1-2-4-12/h9,12H,1-8,10-11H2,(H,16,17,18)(H2,19,20,21)(H2,22,23,24). The van der Waals surface area contributed by atoms with Crippen molar-refractivity contribution in [2.75, 3.05) is 44.4 Å². The minimum absolute atomic E-state index is 0.00468. The molecule has 0 aromatic carbocycles. The fourth-order valence-corrected chi connectivity index (χ4v) is 3.38. The number of hydrogen-bond donors (Lipinski definition) is 5. The zero-order chi connectivity index (χ0) is 22.0. The molecular formula is C15H27N3O10P2. The molecule has 172 valence electrons. The molecule has 1 heterocycles. The van der Waals surface area contributed by atoms with Gasteiger partial charge in [0.15, 0.2) is 0 Å². The van der Waals surface area contributed by atoms with E-state index in [-0.39, 0.29) is 44.2 Å². The number of rotatable bonds is 14. The zero-order valence-corrected chi connectivity index (χ0v) is 18.0. The molecule has 5 N–H and O–H groups in total. The second-order valence-corrected chi connectivity index (χ2v) is 9.77. The molecule has 0 atom stereocenters. The lowest BCUT2D eigenvalue weighted by Gasteiger charge is -2.15. The predicted molar refractivity (Wildman–Crippen MR) is 105 cm³/mol. The number of ether oxygens (including phenoxy) is 4. The predicted octanol–water partition coefficient (Wildman–Crippen LogP) is 0.892. The highest BCUT2D eigenvalue weighted by molar-refractivity contribution is 7.51. The van der Waals surface area contributed by atoms with E-state index in [4.69, 9.17) is 38.5 Å². The van der Waals surface area contributed by atoms with E-state index in [9.17, 15) is 9.13 Å². The molecule has 13 nitrogen and oxygen atoms in total. The molecule has 2 rings (SSSR count). The Morgan fingerprint density at radius 3 is 1.77 bits per heavy atom. The third-order valence-corrected chi connectivity index (χ3v) is 4.88. The van der Waals surface area contributed by atoms with Crippen LogP contribution in [-0.2, 0) is 18.6 Å². The first kappa shape index (κ1) is 25.0. The molecule has 1 aliphatic carbocycles. The quantitative estimate of drug-likeness (QED) is 0.190. The lowest BCUT2D eigenvalue weighted by molar-refractivity contribution is 0.114. The lowest BCUT2D eigenvalue weighted by Crippen LogP contribution is -2.18. The summed E-state index contributed by atoms with van der Waals surface area (Å²) in [6, 6.07) is 1.66. The van der Waals surface area contributed by atoms with Crippen LogP contribution in [0.1, 0.15) is 25.7 Å². The summed E-state index contributed by atoms with van der Waals surface area (Å²) in [6.45, 7) is -0.0880. The Kier molecular flexibility index (Phi) is 9.92. The Hall–Kier alpha value is -1.30. The maximum atomic E-state index is 10.7. The summed E-state index contributed by atoms with van der Waals surface area (Å²) in [5.41, 5.74) is 0. The van der Waals surface area contributed by atoms with Crippen LogP contribution < -0.4 is 14.8 Å². The van der Waals surface area contributed by atoms with Crippen molar-refractivity contribution >= 4 is 21.1 Å². The van der Waals surface area contributed by atoms with Crippen molar-refractivity contribution in [1.82, 2.24) is 9.97 Å². The third kappa shape index (κ3) is 11.2. The van der Waals surface area contributed by atoms with Gasteiger partial charge in [0.05, 0.1) is 19.3 Å². The first-order valence-corrected chi connectivity index (χ1v) is 12.9. The van der Waals surface area contributed by atoms with Crippen LogP contribution in [0.3, 0.4) is 0 Å². The Bertz CT molecular complexity index is 700. The molecule has 0 unspecified atom stereocenters. The molecular weight excluding hydrogens is 444 g/mol. The van der Waals surface area contributed by atoms with Gasteiger partial charge in [-0.25, -0.2) is 0 Å². The van der Waals surface area contributed by atoms with E-state index < -0.39 is 27.9 Å². The molecule has 30 heavy (non-hydrogen) atoms. The van der Waals surface area contributed by atoms with Crippen LogP contribution >= 0.6 is 15.2 Å². The van der Waals surface area contributed by atoms with E-state index in [0.717, 1.165) is 25.7 Å². The van der Waals surface area contributed by atoms with Crippen molar-refractivity contribution in [3.8, 4) is 11.8 Å². The topological polar surface area (TPSA) is 190 Å². The largest absolute Gasteiger partial charge is 0.475 e. The SMILES string of the molecule is O=P(O)(O)COCCOc1cc(OCCOCP(=O)(O)O)nc(NC2CCCC2)n1. The highest BCUT2D eigenvalue weighted by Crippen LogP contribution is 2.34. The summed E-state index contributed by atoms with van der Waals surface area (Å²) >= 11 is 0. The van der Waals surface area contributed by atoms with Gasteiger partial charge in [-0.2, -0.15) is 9.97 Å². The van der Waals surface area contributed by atoms with Gasteiger partial charge in [-0.05, 0) is 12.8 Å². The molecule has 1 aromatic heterocycles. The van der Waals surface area contributed by atoms with Crippen molar-refractivity contribution in [3.63, 3.8) is 0 Å². The van der Waals surface area contributed by atoms with Gasteiger partial charge < -0.3 is 43.8 Å². The van der Waals surface area contributed by atoms with Crippen molar-refractivity contribution < 1.29 is 47.7 Å². The Balaban J connectivity index is 1.89. The fraction of sp³-hybridized carbons (Fsp3) is 0.733. The van der Waals surface area contributed by atoms with Crippen LogP contribution in [0.25, 0.3) is 0 Å². The van der Waals surface area contributed by atoms with Crippen LogP contribution in [0.2, 0.25) is 0 Å². The van der Waals surface area contributed by atoms with E-state index in [1.165, 1.54) is 6.07 Å². The molecule has 0 radical (unpaired) electrons. The van der Waals surface area contributed by atoms with E-state index in [1.807, 2.05) is 0 Å². The fourth-order valence-electron chi connectivity index (χ4n) is 2.65. The zero-order valence-electron chi connectivity index (χ0n) is 16.3. The second kappa shape index (κ2) is 11.9. The summed E-state index contributed by atoms with van der Waals surface area (Å²) in [7, 11) is -8.47. The minimum atomic E-state index is -4.23. The van der Waals surface area contributed by atoms with Crippen LogP contribution in [0.4, 0.5) is 5.95 Å². The number of aromatic nitrogens is 2. The number of hydrogen-bond acceptors (Lipinski definition) is 9. The summed E-state index contributed by atoms with van der Waals surface area (Å²) in [4.78, 5) is 43.5. The second-order valence-electron chi connectivity index (χ2n) is 6.59. The molecule has 0 spiro atoms. The summed E-state index contributed by atoms with van der Waals surface area (Å²) in [5.74, 6) is 0.662. The van der Waals surface area contributed by atoms with Crippen LogP contribution in [0.5, 0.6) is 11.8 Å². The third-order valence-electron chi connectivity index (χ3n) is 3.84. The van der Waals surface area contributed by atoms with Gasteiger partial charge in [0.1, 0.15) is 25.9 Å². The molecule has 1 saturated carbocycles. The molecule has 1 aromatic rings. The van der Waals surface area contributed by atoms with Gasteiger partial charge in [0, 0.05) is 6.04 Å². The Morgan fingerprint density at radius 2 is 1.33 bits per heavy atom.